The van der Waals surface area contributed by atoms with Gasteiger partial charge in [0.2, 0.25) is 0 Å². The molecule has 2 rings (SSSR count). The number of thiophene rings is 1. The van der Waals surface area contributed by atoms with Gasteiger partial charge >= 0.3 is 6.18 Å². The zero-order valence-electron chi connectivity index (χ0n) is 12.8. The van der Waals surface area contributed by atoms with Crippen LogP contribution in [0.5, 0.6) is 0 Å². The summed E-state index contributed by atoms with van der Waals surface area (Å²) in [5.74, 6) is -1.94. The number of amides is 3. The quantitative estimate of drug-likeness (QED) is 0.627. The van der Waals surface area contributed by atoms with E-state index in [9.17, 15) is 27.6 Å². The van der Waals surface area contributed by atoms with Gasteiger partial charge in [0.05, 0.1) is 20.8 Å². The third kappa shape index (κ3) is 5.56. The van der Waals surface area contributed by atoms with Crippen LogP contribution in [0, 0.1) is 0 Å². The fourth-order valence-electron chi connectivity index (χ4n) is 1.74. The monoisotopic (exact) mass is 449 g/mol. The predicted octanol–water partition coefficient (Wildman–Crippen LogP) is 2.72. The molecule has 0 radical (unpaired) electrons. The van der Waals surface area contributed by atoms with E-state index in [1.165, 1.54) is 11.3 Å². The number of carbonyl (C=O) groups is 3. The van der Waals surface area contributed by atoms with E-state index in [1.807, 2.05) is 0 Å². The Bertz CT molecular complexity index is 822. The topological polar surface area (TPSA) is 87.3 Å². The highest BCUT2D eigenvalue weighted by atomic mass is 79.9. The first kappa shape index (κ1) is 19.9. The first-order valence-electron chi connectivity index (χ1n) is 6.97. The molecule has 0 spiro atoms. The molecular weight excluding hydrogens is 439 g/mol. The van der Waals surface area contributed by atoms with E-state index >= 15 is 0 Å². The maximum atomic E-state index is 12.5. The van der Waals surface area contributed by atoms with Crippen LogP contribution < -0.4 is 16.2 Å². The Morgan fingerprint density at radius 2 is 1.62 bits per heavy atom. The molecule has 0 saturated heterocycles. The van der Waals surface area contributed by atoms with Crippen LogP contribution in [0.3, 0.4) is 0 Å². The van der Waals surface area contributed by atoms with Crippen LogP contribution in [0.1, 0.15) is 25.6 Å². The van der Waals surface area contributed by atoms with Crippen molar-refractivity contribution in [3.8, 4) is 0 Å². The summed E-state index contributed by atoms with van der Waals surface area (Å²) in [4.78, 5) is 35.5. The maximum Gasteiger partial charge on any atom is 0.416 e. The highest BCUT2D eigenvalue weighted by molar-refractivity contribution is 9.11. The summed E-state index contributed by atoms with van der Waals surface area (Å²) >= 11 is 4.37. The van der Waals surface area contributed by atoms with Gasteiger partial charge in [-0.1, -0.05) is 0 Å². The summed E-state index contributed by atoms with van der Waals surface area (Å²) < 4.78 is 38.1. The van der Waals surface area contributed by atoms with E-state index < -0.39 is 36.0 Å². The Labute approximate surface area is 157 Å². The Morgan fingerprint density at radius 1 is 0.962 bits per heavy atom. The van der Waals surface area contributed by atoms with Gasteiger partial charge in [-0.15, -0.1) is 11.3 Å². The van der Waals surface area contributed by atoms with Gasteiger partial charge in [0.25, 0.3) is 17.7 Å². The van der Waals surface area contributed by atoms with E-state index in [0.29, 0.717) is 4.88 Å². The average Bonchev–Trinajstić information content (AvgIpc) is 3.03. The Kier molecular flexibility index (Phi) is 6.37. The summed E-state index contributed by atoms with van der Waals surface area (Å²) in [5.41, 5.74) is 3.38. The number of hydrazine groups is 1. The second-order valence-corrected chi connectivity index (χ2v) is 7.33. The lowest BCUT2D eigenvalue weighted by molar-refractivity contribution is -0.137. The molecule has 1 heterocycles. The highest BCUT2D eigenvalue weighted by Crippen LogP contribution is 2.29. The number of halogens is 4. The first-order chi connectivity index (χ1) is 12.2. The number of alkyl halides is 3. The lowest BCUT2D eigenvalue weighted by Crippen LogP contribution is -2.46. The SMILES string of the molecule is O=C(CNC(=O)c1ccc(C(F)(F)F)cc1)NNC(=O)c1ccc(Br)s1. The van der Waals surface area contributed by atoms with E-state index in [0.717, 1.165) is 28.1 Å². The maximum absolute atomic E-state index is 12.5. The third-order valence-electron chi connectivity index (χ3n) is 3.00. The van der Waals surface area contributed by atoms with Crippen molar-refractivity contribution >= 4 is 45.0 Å². The fraction of sp³-hybridized carbons (Fsp3) is 0.133. The molecule has 0 bridgehead atoms. The van der Waals surface area contributed by atoms with Gasteiger partial charge in [0.1, 0.15) is 0 Å². The van der Waals surface area contributed by atoms with Crippen LogP contribution in [0.2, 0.25) is 0 Å². The van der Waals surface area contributed by atoms with E-state index in [-0.39, 0.29) is 5.56 Å². The molecule has 0 atom stereocenters. The second kappa shape index (κ2) is 8.32. The van der Waals surface area contributed by atoms with Crippen LogP contribution in [0.15, 0.2) is 40.2 Å². The van der Waals surface area contributed by atoms with Gasteiger partial charge in [0.15, 0.2) is 0 Å². The van der Waals surface area contributed by atoms with Crippen LogP contribution in [-0.4, -0.2) is 24.3 Å². The van der Waals surface area contributed by atoms with Crippen molar-refractivity contribution < 1.29 is 27.6 Å². The standard InChI is InChI=1S/C15H11BrF3N3O3S/c16-11-6-5-10(26-11)14(25)22-21-12(23)7-20-13(24)8-1-3-9(4-2-8)15(17,18)19/h1-6H,7H2,(H,20,24)(H,21,23)(H,22,25). The Balaban J connectivity index is 1.79. The Morgan fingerprint density at radius 3 is 2.15 bits per heavy atom. The molecule has 1 aromatic carbocycles. The van der Waals surface area contributed by atoms with Gasteiger partial charge in [-0.3, -0.25) is 25.2 Å². The molecule has 0 unspecified atom stereocenters. The zero-order chi connectivity index (χ0) is 19.3. The van der Waals surface area contributed by atoms with Crippen molar-refractivity contribution in [2.24, 2.45) is 0 Å². The zero-order valence-corrected chi connectivity index (χ0v) is 15.2. The van der Waals surface area contributed by atoms with Gasteiger partial charge in [0, 0.05) is 5.56 Å². The summed E-state index contributed by atoms with van der Waals surface area (Å²) in [6.45, 7) is -0.464. The number of rotatable bonds is 4. The molecule has 3 amide bonds. The minimum atomic E-state index is -4.49. The molecule has 1 aromatic heterocycles. The van der Waals surface area contributed by atoms with Crippen molar-refractivity contribution in [2.75, 3.05) is 6.54 Å². The average molecular weight is 450 g/mol. The van der Waals surface area contributed by atoms with Gasteiger partial charge in [-0.25, -0.2) is 0 Å². The summed E-state index contributed by atoms with van der Waals surface area (Å²) in [6.07, 6.45) is -4.49. The molecule has 0 saturated carbocycles. The van der Waals surface area contributed by atoms with Crippen LogP contribution in [0.4, 0.5) is 13.2 Å². The molecule has 6 nitrogen and oxygen atoms in total. The fourth-order valence-corrected chi connectivity index (χ4v) is 3.02. The minimum Gasteiger partial charge on any atom is -0.343 e. The number of benzene rings is 1. The molecule has 0 aliphatic heterocycles. The molecule has 11 heteroatoms. The minimum absolute atomic E-state index is 0.0294. The number of nitrogens with one attached hydrogen (secondary N) is 3. The Hall–Kier alpha value is -2.40. The van der Waals surface area contributed by atoms with Crippen LogP contribution in [0.25, 0.3) is 0 Å². The molecule has 2 aromatic rings. The van der Waals surface area contributed by atoms with Crippen molar-refractivity contribution in [3.63, 3.8) is 0 Å². The largest absolute Gasteiger partial charge is 0.416 e. The van der Waals surface area contributed by atoms with Gasteiger partial charge in [-0.05, 0) is 52.3 Å². The van der Waals surface area contributed by atoms with Crippen LogP contribution in [-0.2, 0) is 11.0 Å². The lowest BCUT2D eigenvalue weighted by Gasteiger charge is -2.09. The molecule has 138 valence electrons. The van der Waals surface area contributed by atoms with Crippen molar-refractivity contribution in [1.82, 2.24) is 16.2 Å². The highest BCUT2D eigenvalue weighted by Gasteiger charge is 2.30. The predicted molar refractivity (Wildman–Crippen MR) is 91.4 cm³/mol. The van der Waals surface area contributed by atoms with Crippen molar-refractivity contribution in [3.05, 3.63) is 56.2 Å². The molecule has 0 aliphatic carbocycles. The molecule has 3 N–H and O–H groups in total. The van der Waals surface area contributed by atoms with Gasteiger partial charge in [-0.2, -0.15) is 13.2 Å². The van der Waals surface area contributed by atoms with E-state index in [4.69, 9.17) is 0 Å². The molecule has 26 heavy (non-hydrogen) atoms. The number of hydrogen-bond acceptors (Lipinski definition) is 4. The van der Waals surface area contributed by atoms with E-state index in [2.05, 4.69) is 32.1 Å². The smallest absolute Gasteiger partial charge is 0.343 e. The van der Waals surface area contributed by atoms with Crippen molar-refractivity contribution in [2.45, 2.75) is 6.18 Å². The van der Waals surface area contributed by atoms with Crippen molar-refractivity contribution in [1.29, 1.82) is 0 Å². The van der Waals surface area contributed by atoms with Gasteiger partial charge < -0.3 is 5.32 Å². The second-order valence-electron chi connectivity index (χ2n) is 4.86. The van der Waals surface area contributed by atoms with E-state index in [1.54, 1.807) is 12.1 Å². The number of hydrogen-bond donors (Lipinski definition) is 3. The summed E-state index contributed by atoms with van der Waals surface area (Å²) in [5, 5.41) is 2.24. The summed E-state index contributed by atoms with van der Waals surface area (Å²) in [7, 11) is 0. The molecule has 0 aliphatic rings. The van der Waals surface area contributed by atoms with Crippen LogP contribution >= 0.6 is 27.3 Å². The molecule has 0 fully saturated rings. The summed E-state index contributed by atoms with van der Waals surface area (Å²) in [6, 6.07) is 6.79. The lowest BCUT2D eigenvalue weighted by atomic mass is 10.1. The normalized spacial score (nSPS) is 10.9. The third-order valence-corrected chi connectivity index (χ3v) is 4.62. The molecular formula is C15H11BrF3N3O3S. The first-order valence-corrected chi connectivity index (χ1v) is 8.58. The number of carbonyl (C=O) groups excluding carboxylic acids is 3.